The Hall–Kier alpha value is -2.43. The third kappa shape index (κ3) is 10.7. The molecule has 32 heavy (non-hydrogen) atoms. The Balaban J connectivity index is 0.000000368. The first-order chi connectivity index (χ1) is 14.9. The van der Waals surface area contributed by atoms with E-state index in [9.17, 15) is 18.0 Å². The molecule has 0 saturated carbocycles. The highest BCUT2D eigenvalue weighted by Gasteiger charge is 2.11. The minimum Gasteiger partial charge on any atom is -0.481 e. The number of H-pyrrole nitrogens is 1. The number of carboxylic acids is 1. The predicted octanol–water partition coefficient (Wildman–Crippen LogP) is 2.37. The number of likely N-dealkylation sites (N-methyl/N-ethyl adjacent to an activating group) is 1. The van der Waals surface area contributed by atoms with Crippen molar-refractivity contribution in [2.75, 3.05) is 34.3 Å². The Kier molecular flexibility index (Phi) is 11.4. The Bertz CT molecular complexity index is 983. The van der Waals surface area contributed by atoms with Crippen LogP contribution in [-0.2, 0) is 36.5 Å². The summed E-state index contributed by atoms with van der Waals surface area (Å²) in [6.45, 7) is 5.17. The highest BCUT2D eigenvalue weighted by molar-refractivity contribution is 7.88. The summed E-state index contributed by atoms with van der Waals surface area (Å²) in [4.78, 5) is 26.2. The van der Waals surface area contributed by atoms with Gasteiger partial charge in [0.1, 0.15) is 0 Å². The molecule has 1 aromatic heterocycles. The average molecular weight is 470 g/mol. The molecule has 0 aliphatic rings. The van der Waals surface area contributed by atoms with Gasteiger partial charge in [-0.1, -0.05) is 19.9 Å². The maximum Gasteiger partial charge on any atom is 0.306 e. The second kappa shape index (κ2) is 13.2. The van der Waals surface area contributed by atoms with E-state index in [0.717, 1.165) is 29.4 Å². The number of fused-ring (bicyclic) bond motifs is 1. The minimum atomic E-state index is -3.23. The molecule has 9 nitrogen and oxygen atoms in total. The number of carboxylic acid groups (broad SMARTS) is 1. The zero-order valence-electron chi connectivity index (χ0n) is 19.5. The lowest BCUT2D eigenvalue weighted by molar-refractivity contribution is -0.148. The van der Waals surface area contributed by atoms with Gasteiger partial charge in [0.25, 0.3) is 0 Å². The number of nitrogens with one attached hydrogen (secondary N) is 2. The summed E-state index contributed by atoms with van der Waals surface area (Å²) in [7, 11) is 2.29. The van der Waals surface area contributed by atoms with Gasteiger partial charge in [-0.3, -0.25) is 9.59 Å². The Morgan fingerprint density at radius 1 is 1.22 bits per heavy atom. The summed E-state index contributed by atoms with van der Waals surface area (Å²) in [5.41, 5.74) is 3.07. The lowest BCUT2D eigenvalue weighted by atomic mass is 10.1. The molecule has 1 heterocycles. The Labute approximate surface area is 190 Å². The maximum absolute atomic E-state index is 11.6. The molecule has 0 spiro atoms. The van der Waals surface area contributed by atoms with Crippen molar-refractivity contribution in [3.8, 4) is 0 Å². The fraction of sp³-hybridized carbons (Fsp3) is 0.545. The van der Waals surface area contributed by atoms with Crippen molar-refractivity contribution >= 4 is 32.9 Å². The van der Waals surface area contributed by atoms with Gasteiger partial charge in [-0.15, -0.1) is 0 Å². The number of carbonyl (C=O) groups excluding carboxylic acids is 1. The van der Waals surface area contributed by atoms with E-state index >= 15 is 0 Å². The zero-order chi connectivity index (χ0) is 24.3. The molecule has 0 amide bonds. The van der Waals surface area contributed by atoms with Crippen molar-refractivity contribution in [1.82, 2.24) is 14.6 Å². The molecular formula is C22H35N3O6S. The number of aliphatic carboxylic acids is 1. The van der Waals surface area contributed by atoms with E-state index in [1.54, 1.807) is 0 Å². The standard InChI is InChI=1S/C14H21N3O2S.C8H14O4/c1-15-20(18,19)10-11-4-5-14-13(8-11)12(9-16-14)6-7-17(2)3;1-6(2)5-12-8(11)4-3-7(9)10/h4-5,8-9,15-16H,6-7,10H2,1-3H3;6H,3-5H2,1-2H3,(H,9,10). The third-order valence-corrected chi connectivity index (χ3v) is 5.78. The summed E-state index contributed by atoms with van der Waals surface area (Å²) in [5.74, 6) is -1.11. The van der Waals surface area contributed by atoms with Crippen LogP contribution in [0.1, 0.15) is 37.8 Å². The van der Waals surface area contributed by atoms with Crippen molar-refractivity contribution in [3.05, 3.63) is 35.5 Å². The van der Waals surface area contributed by atoms with Gasteiger partial charge in [0.05, 0.1) is 25.2 Å². The summed E-state index contributed by atoms with van der Waals surface area (Å²) < 4.78 is 30.3. The molecule has 0 aliphatic carbocycles. The van der Waals surface area contributed by atoms with Crippen LogP contribution < -0.4 is 4.72 Å². The summed E-state index contributed by atoms with van der Waals surface area (Å²) in [5, 5.41) is 9.34. The van der Waals surface area contributed by atoms with Gasteiger partial charge in [-0.25, -0.2) is 13.1 Å². The molecule has 0 radical (unpaired) electrons. The molecular weight excluding hydrogens is 434 g/mol. The number of carbonyl (C=O) groups is 2. The molecule has 0 aliphatic heterocycles. The minimum absolute atomic E-state index is 0.0116. The van der Waals surface area contributed by atoms with Crippen molar-refractivity contribution < 1.29 is 27.9 Å². The van der Waals surface area contributed by atoms with Crippen LogP contribution in [0.15, 0.2) is 24.4 Å². The monoisotopic (exact) mass is 469 g/mol. The van der Waals surface area contributed by atoms with E-state index < -0.39 is 22.0 Å². The Morgan fingerprint density at radius 2 is 1.91 bits per heavy atom. The summed E-state index contributed by atoms with van der Waals surface area (Å²) in [6.07, 6.45) is 2.75. The van der Waals surface area contributed by atoms with E-state index in [0.29, 0.717) is 12.5 Å². The molecule has 2 aromatic rings. The molecule has 0 bridgehead atoms. The van der Waals surface area contributed by atoms with Crippen LogP contribution in [0, 0.1) is 5.92 Å². The van der Waals surface area contributed by atoms with Crippen molar-refractivity contribution in [2.45, 2.75) is 38.9 Å². The number of hydrogen-bond donors (Lipinski definition) is 3. The fourth-order valence-electron chi connectivity index (χ4n) is 2.70. The lowest BCUT2D eigenvalue weighted by Gasteiger charge is -2.08. The molecule has 0 fully saturated rings. The Morgan fingerprint density at radius 3 is 2.47 bits per heavy atom. The first-order valence-electron chi connectivity index (χ1n) is 10.5. The van der Waals surface area contributed by atoms with E-state index in [1.165, 1.54) is 12.6 Å². The van der Waals surface area contributed by atoms with E-state index in [-0.39, 0.29) is 18.6 Å². The van der Waals surface area contributed by atoms with Crippen LogP contribution in [0.25, 0.3) is 10.9 Å². The number of sulfonamides is 1. The molecule has 2 rings (SSSR count). The van der Waals surface area contributed by atoms with E-state index in [2.05, 4.69) is 14.6 Å². The highest BCUT2D eigenvalue weighted by Crippen LogP contribution is 2.21. The van der Waals surface area contributed by atoms with Crippen LogP contribution in [0.2, 0.25) is 0 Å². The van der Waals surface area contributed by atoms with Gasteiger partial charge in [0, 0.05) is 23.6 Å². The zero-order valence-corrected chi connectivity index (χ0v) is 20.3. The number of benzene rings is 1. The second-order valence-corrected chi connectivity index (χ2v) is 10.1. The topological polar surface area (TPSA) is 129 Å². The summed E-state index contributed by atoms with van der Waals surface area (Å²) in [6, 6.07) is 5.75. The molecule has 0 unspecified atom stereocenters. The van der Waals surface area contributed by atoms with E-state index in [1.807, 2.05) is 52.3 Å². The lowest BCUT2D eigenvalue weighted by Crippen LogP contribution is -2.20. The van der Waals surface area contributed by atoms with E-state index in [4.69, 9.17) is 9.84 Å². The van der Waals surface area contributed by atoms with Crippen LogP contribution in [0.3, 0.4) is 0 Å². The van der Waals surface area contributed by atoms with Crippen LogP contribution in [-0.4, -0.2) is 69.6 Å². The van der Waals surface area contributed by atoms with Crippen LogP contribution in [0.5, 0.6) is 0 Å². The predicted molar refractivity (Wildman–Crippen MR) is 125 cm³/mol. The smallest absolute Gasteiger partial charge is 0.306 e. The maximum atomic E-state index is 11.6. The van der Waals surface area contributed by atoms with Gasteiger partial charge in [0.2, 0.25) is 10.0 Å². The summed E-state index contributed by atoms with van der Waals surface area (Å²) >= 11 is 0. The quantitative estimate of drug-likeness (QED) is 0.431. The molecule has 1 aromatic carbocycles. The van der Waals surface area contributed by atoms with Crippen molar-refractivity contribution in [1.29, 1.82) is 0 Å². The average Bonchev–Trinajstić information content (AvgIpc) is 3.11. The number of hydrogen-bond acceptors (Lipinski definition) is 6. The van der Waals surface area contributed by atoms with Crippen LogP contribution in [0.4, 0.5) is 0 Å². The van der Waals surface area contributed by atoms with Crippen molar-refractivity contribution in [2.24, 2.45) is 5.92 Å². The first kappa shape index (κ1) is 27.6. The van der Waals surface area contributed by atoms with Gasteiger partial charge >= 0.3 is 11.9 Å². The van der Waals surface area contributed by atoms with Gasteiger partial charge in [0.15, 0.2) is 0 Å². The third-order valence-electron chi connectivity index (χ3n) is 4.45. The van der Waals surface area contributed by atoms with Crippen LogP contribution >= 0.6 is 0 Å². The van der Waals surface area contributed by atoms with Gasteiger partial charge in [-0.05, 0) is 56.7 Å². The molecule has 3 N–H and O–H groups in total. The molecule has 180 valence electrons. The normalized spacial score (nSPS) is 11.5. The molecule has 0 atom stereocenters. The largest absolute Gasteiger partial charge is 0.481 e. The van der Waals surface area contributed by atoms with Crippen molar-refractivity contribution in [3.63, 3.8) is 0 Å². The molecule has 0 saturated heterocycles. The number of rotatable bonds is 11. The van der Waals surface area contributed by atoms with Gasteiger partial charge < -0.3 is 19.7 Å². The number of aromatic amines is 1. The number of nitrogens with zero attached hydrogens (tertiary/aromatic N) is 1. The first-order valence-corrected chi connectivity index (χ1v) is 12.1. The fourth-order valence-corrected chi connectivity index (χ4v) is 3.46. The number of aromatic nitrogens is 1. The second-order valence-electron chi connectivity index (χ2n) is 8.18. The SMILES string of the molecule is CC(C)COC(=O)CCC(=O)O.CNS(=O)(=O)Cc1ccc2[nH]cc(CCN(C)C)c2c1. The van der Waals surface area contributed by atoms with Gasteiger partial charge in [-0.2, -0.15) is 0 Å². The number of esters is 1. The highest BCUT2D eigenvalue weighted by atomic mass is 32.2. The number of ether oxygens (including phenoxy) is 1. The molecule has 10 heteroatoms.